The molecule has 0 bridgehead atoms. The number of aromatic nitrogens is 1. The zero-order chi connectivity index (χ0) is 21.0. The molecule has 2 aromatic rings. The molecule has 0 amide bonds. The first-order chi connectivity index (χ1) is 15.3. The molecule has 0 atom stereocenters. The molecule has 31 heavy (non-hydrogen) atoms. The number of aryl methyl sites for hydroxylation is 1. The van der Waals surface area contributed by atoms with E-state index in [0.29, 0.717) is 0 Å². The van der Waals surface area contributed by atoms with Crippen LogP contribution in [0.2, 0.25) is 0 Å². The van der Waals surface area contributed by atoms with Crippen LogP contribution in [0.1, 0.15) is 24.8 Å². The number of hydrogen-bond donors (Lipinski definition) is 1. The number of nitrogens with one attached hydrogen (secondary N) is 1. The summed E-state index contributed by atoms with van der Waals surface area (Å²) < 4.78 is 25.1. The number of aromatic amines is 1. The molecule has 3 heterocycles. The third kappa shape index (κ3) is 4.54. The first-order valence-electron chi connectivity index (χ1n) is 11.1. The second-order valence-corrected chi connectivity index (χ2v) is 8.27. The summed E-state index contributed by atoms with van der Waals surface area (Å²) in [5.41, 5.74) is 3.32. The second kappa shape index (κ2) is 9.02. The summed E-state index contributed by atoms with van der Waals surface area (Å²) in [5.74, 6) is 1.41. The standard InChI is InChI=1S/C25H28FN3O2/c26-21-8-9-22-20(16-27-23(22)15-21)7-4-10-28-11-13-29(14-12-28)25-18-30-24(17-31-25)19-5-2-1-3-6-19/h1-2,5,8-9,15-18,27H,3-4,6-7,10-14H2. The quantitative estimate of drug-likeness (QED) is 0.726. The minimum atomic E-state index is -0.198. The molecule has 2 aliphatic heterocycles. The maximum Gasteiger partial charge on any atom is 0.231 e. The highest BCUT2D eigenvalue weighted by atomic mass is 19.1. The van der Waals surface area contributed by atoms with Crippen LogP contribution in [0.25, 0.3) is 10.9 Å². The van der Waals surface area contributed by atoms with Crippen LogP contribution in [0.5, 0.6) is 0 Å². The van der Waals surface area contributed by atoms with Crippen molar-refractivity contribution < 1.29 is 13.9 Å². The molecule has 5 rings (SSSR count). The first-order valence-corrected chi connectivity index (χ1v) is 11.1. The average molecular weight is 422 g/mol. The van der Waals surface area contributed by atoms with E-state index in [-0.39, 0.29) is 5.82 Å². The van der Waals surface area contributed by atoms with Crippen molar-refractivity contribution in [3.8, 4) is 0 Å². The van der Waals surface area contributed by atoms with Gasteiger partial charge >= 0.3 is 0 Å². The van der Waals surface area contributed by atoms with Crippen LogP contribution in [0, 0.1) is 5.82 Å². The van der Waals surface area contributed by atoms with E-state index in [1.807, 2.05) is 12.3 Å². The Labute approximate surface area is 182 Å². The van der Waals surface area contributed by atoms with Crippen molar-refractivity contribution in [1.82, 2.24) is 14.8 Å². The van der Waals surface area contributed by atoms with Crippen LogP contribution >= 0.6 is 0 Å². The summed E-state index contributed by atoms with van der Waals surface area (Å²) in [6, 6.07) is 4.97. The Bertz CT molecular complexity index is 1060. The van der Waals surface area contributed by atoms with Crippen LogP contribution in [0.4, 0.5) is 4.39 Å². The number of fused-ring (bicyclic) bond motifs is 1. The molecule has 0 saturated carbocycles. The molecular formula is C25H28FN3O2. The van der Waals surface area contributed by atoms with Crippen LogP contribution < -0.4 is 0 Å². The molecule has 1 aliphatic carbocycles. The van der Waals surface area contributed by atoms with Crippen molar-refractivity contribution in [1.29, 1.82) is 0 Å². The summed E-state index contributed by atoms with van der Waals surface area (Å²) in [7, 11) is 0. The van der Waals surface area contributed by atoms with Gasteiger partial charge in [-0.15, -0.1) is 0 Å². The fourth-order valence-corrected chi connectivity index (χ4v) is 4.44. The third-order valence-corrected chi connectivity index (χ3v) is 6.24. The number of piperazine rings is 1. The van der Waals surface area contributed by atoms with Gasteiger partial charge in [0.15, 0.2) is 12.0 Å². The number of allylic oxidation sites excluding steroid dienone is 4. The van der Waals surface area contributed by atoms with E-state index in [0.717, 1.165) is 81.0 Å². The fraction of sp³-hybridized carbons (Fsp3) is 0.360. The molecule has 1 saturated heterocycles. The summed E-state index contributed by atoms with van der Waals surface area (Å²) in [5, 5.41) is 1.13. The molecule has 5 nitrogen and oxygen atoms in total. The van der Waals surface area contributed by atoms with Crippen molar-refractivity contribution in [3.63, 3.8) is 0 Å². The van der Waals surface area contributed by atoms with Crippen molar-refractivity contribution >= 4 is 10.9 Å². The van der Waals surface area contributed by atoms with E-state index < -0.39 is 0 Å². The second-order valence-electron chi connectivity index (χ2n) is 8.27. The van der Waals surface area contributed by atoms with Gasteiger partial charge in [-0.3, -0.25) is 4.90 Å². The van der Waals surface area contributed by atoms with E-state index in [2.05, 4.69) is 33.0 Å². The minimum Gasteiger partial charge on any atom is -0.456 e. The number of benzene rings is 1. The van der Waals surface area contributed by atoms with Crippen molar-refractivity contribution in [2.45, 2.75) is 25.7 Å². The SMILES string of the molecule is Fc1ccc2c(CCCN3CCN(C4=COC(C5=CC=CCC5)=CO4)CC3)c[nH]c2c1. The van der Waals surface area contributed by atoms with Crippen LogP contribution in [-0.4, -0.2) is 47.5 Å². The molecule has 0 spiro atoms. The summed E-state index contributed by atoms with van der Waals surface area (Å²) in [6.07, 6.45) is 15.9. The Morgan fingerprint density at radius 2 is 1.97 bits per heavy atom. The van der Waals surface area contributed by atoms with E-state index in [4.69, 9.17) is 9.47 Å². The molecule has 6 heteroatoms. The van der Waals surface area contributed by atoms with Gasteiger partial charge in [0, 0.05) is 43.3 Å². The van der Waals surface area contributed by atoms with Crippen molar-refractivity contribution in [2.75, 3.05) is 32.7 Å². The Hall–Kier alpha value is -2.99. The molecule has 1 N–H and O–H groups in total. The lowest BCUT2D eigenvalue weighted by Gasteiger charge is -2.36. The van der Waals surface area contributed by atoms with Crippen LogP contribution in [0.3, 0.4) is 0 Å². The van der Waals surface area contributed by atoms with Gasteiger partial charge in [0.1, 0.15) is 12.1 Å². The van der Waals surface area contributed by atoms with E-state index >= 15 is 0 Å². The van der Waals surface area contributed by atoms with E-state index in [1.165, 1.54) is 17.2 Å². The molecule has 1 fully saturated rings. The van der Waals surface area contributed by atoms with Crippen molar-refractivity contribution in [3.05, 3.63) is 83.7 Å². The number of halogens is 1. The van der Waals surface area contributed by atoms with Crippen LogP contribution in [0.15, 0.2) is 72.4 Å². The summed E-state index contributed by atoms with van der Waals surface area (Å²) >= 11 is 0. The lowest BCUT2D eigenvalue weighted by molar-refractivity contribution is 0.0842. The summed E-state index contributed by atoms with van der Waals surface area (Å²) in [6.45, 7) is 4.93. The molecular weight excluding hydrogens is 393 g/mol. The number of nitrogens with zero attached hydrogens (tertiary/aromatic N) is 2. The van der Waals surface area contributed by atoms with Crippen molar-refractivity contribution in [2.24, 2.45) is 0 Å². The average Bonchev–Trinajstić information content (AvgIpc) is 3.22. The van der Waals surface area contributed by atoms with E-state index in [9.17, 15) is 4.39 Å². The van der Waals surface area contributed by atoms with Gasteiger partial charge in [-0.25, -0.2) is 4.39 Å². The summed E-state index contributed by atoms with van der Waals surface area (Å²) in [4.78, 5) is 7.92. The Morgan fingerprint density at radius 1 is 1.06 bits per heavy atom. The smallest absolute Gasteiger partial charge is 0.231 e. The lowest BCUT2D eigenvalue weighted by Crippen LogP contribution is -2.46. The largest absolute Gasteiger partial charge is 0.456 e. The maximum atomic E-state index is 13.4. The Morgan fingerprint density at radius 3 is 2.74 bits per heavy atom. The van der Waals surface area contributed by atoms with Crippen LogP contribution in [-0.2, 0) is 15.9 Å². The maximum absolute atomic E-state index is 13.4. The molecule has 1 aromatic carbocycles. The van der Waals surface area contributed by atoms with E-state index in [1.54, 1.807) is 18.6 Å². The zero-order valence-electron chi connectivity index (χ0n) is 17.6. The first kappa shape index (κ1) is 19.9. The third-order valence-electron chi connectivity index (χ3n) is 6.24. The number of H-pyrrole nitrogens is 1. The Balaban J connectivity index is 1.07. The van der Waals surface area contributed by atoms with Gasteiger partial charge in [-0.2, -0.15) is 0 Å². The normalized spacial score (nSPS) is 19.5. The van der Waals surface area contributed by atoms with Gasteiger partial charge in [0.2, 0.25) is 5.88 Å². The Kier molecular flexibility index (Phi) is 5.80. The van der Waals surface area contributed by atoms with Gasteiger partial charge in [0.05, 0.1) is 0 Å². The molecule has 0 unspecified atom stereocenters. The zero-order valence-corrected chi connectivity index (χ0v) is 17.6. The topological polar surface area (TPSA) is 40.7 Å². The number of ether oxygens (including phenoxy) is 2. The molecule has 3 aliphatic rings. The molecule has 162 valence electrons. The highest BCUT2D eigenvalue weighted by Crippen LogP contribution is 2.26. The molecule has 0 radical (unpaired) electrons. The van der Waals surface area contributed by atoms with Gasteiger partial charge in [-0.1, -0.05) is 18.2 Å². The minimum absolute atomic E-state index is 0.198. The predicted octanol–water partition coefficient (Wildman–Crippen LogP) is 4.82. The monoisotopic (exact) mass is 421 g/mol. The van der Waals surface area contributed by atoms with Gasteiger partial charge in [-0.05, 0) is 61.6 Å². The lowest BCUT2D eigenvalue weighted by atomic mass is 10.0. The molecule has 1 aromatic heterocycles. The highest BCUT2D eigenvalue weighted by Gasteiger charge is 2.22. The number of rotatable bonds is 6. The van der Waals surface area contributed by atoms with Gasteiger partial charge in [0.25, 0.3) is 0 Å². The van der Waals surface area contributed by atoms with Gasteiger partial charge < -0.3 is 19.4 Å². The highest BCUT2D eigenvalue weighted by molar-refractivity contribution is 5.83. The predicted molar refractivity (Wildman–Crippen MR) is 119 cm³/mol. The number of hydrogen-bond acceptors (Lipinski definition) is 4. The fourth-order valence-electron chi connectivity index (χ4n) is 4.44.